The van der Waals surface area contributed by atoms with Crippen LogP contribution in [0.1, 0.15) is 48.2 Å². The summed E-state index contributed by atoms with van der Waals surface area (Å²) in [4.78, 5) is 38.6. The Labute approximate surface area is 187 Å². The third-order valence-electron chi connectivity index (χ3n) is 5.57. The topological polar surface area (TPSA) is 88.1 Å². The van der Waals surface area contributed by atoms with Gasteiger partial charge in [-0.3, -0.25) is 14.9 Å². The molecule has 4 rings (SSSR count). The number of hydrogen-bond donors (Lipinski definition) is 1. The molecule has 0 bridgehead atoms. The first-order chi connectivity index (χ1) is 15.2. The van der Waals surface area contributed by atoms with Crippen LogP contribution < -0.4 is 10.2 Å². The van der Waals surface area contributed by atoms with Gasteiger partial charge in [0.05, 0.1) is 10.6 Å². The second-order valence-electron chi connectivity index (χ2n) is 8.14. The summed E-state index contributed by atoms with van der Waals surface area (Å²) in [6, 6.07) is 2.38. The normalized spacial score (nSPS) is 19.0. The van der Waals surface area contributed by atoms with E-state index in [2.05, 4.69) is 20.3 Å². The van der Waals surface area contributed by atoms with Gasteiger partial charge < -0.3 is 4.90 Å². The first-order valence-electron chi connectivity index (χ1n) is 10.4. The fourth-order valence-corrected chi connectivity index (χ4v) is 4.03. The number of halogens is 4. The van der Waals surface area contributed by atoms with Crippen molar-refractivity contribution < 1.29 is 22.8 Å². The molecule has 11 heteroatoms. The van der Waals surface area contributed by atoms with Crippen molar-refractivity contribution in [1.82, 2.24) is 15.0 Å². The van der Waals surface area contributed by atoms with Crippen LogP contribution in [0.15, 0.2) is 24.5 Å². The van der Waals surface area contributed by atoms with Crippen molar-refractivity contribution in [2.45, 2.75) is 38.3 Å². The number of Topliss-reactive ketones (excluding diaryl/α,β-unsaturated/α-hetero) is 1. The van der Waals surface area contributed by atoms with E-state index < -0.39 is 11.7 Å². The molecule has 0 radical (unpaired) electrons. The molecule has 0 spiro atoms. The van der Waals surface area contributed by atoms with E-state index in [4.69, 9.17) is 11.6 Å². The summed E-state index contributed by atoms with van der Waals surface area (Å²) >= 11 is 6.08. The number of rotatable bonds is 6. The number of carbonyl (C=O) groups is 2. The molecule has 2 aliphatic rings. The monoisotopic (exact) mass is 467 g/mol. The van der Waals surface area contributed by atoms with Crippen molar-refractivity contribution in [2.75, 3.05) is 23.3 Å². The van der Waals surface area contributed by atoms with E-state index in [9.17, 15) is 22.8 Å². The zero-order valence-electron chi connectivity index (χ0n) is 17.0. The quantitative estimate of drug-likeness (QED) is 0.634. The molecule has 0 unspecified atom stereocenters. The van der Waals surface area contributed by atoms with Crippen LogP contribution in [0.25, 0.3) is 0 Å². The highest BCUT2D eigenvalue weighted by molar-refractivity contribution is 6.33. The molecule has 1 N–H and O–H groups in total. The van der Waals surface area contributed by atoms with E-state index in [0.29, 0.717) is 13.1 Å². The second-order valence-corrected chi connectivity index (χ2v) is 8.54. The van der Waals surface area contributed by atoms with E-state index in [1.54, 1.807) is 0 Å². The maximum atomic E-state index is 12.9. The Balaban J connectivity index is 1.40. The molecule has 170 valence electrons. The minimum Gasteiger partial charge on any atom is -0.355 e. The average molecular weight is 468 g/mol. The van der Waals surface area contributed by atoms with Crippen LogP contribution in [-0.2, 0) is 11.0 Å². The lowest BCUT2D eigenvalue weighted by Crippen LogP contribution is -2.37. The molecule has 1 atom stereocenters. The fraction of sp³-hybridized carbons (Fsp3) is 0.476. The highest BCUT2D eigenvalue weighted by atomic mass is 35.5. The standard InChI is InChI=1S/C21H21ClF3N5O2/c22-15-9-14(21(23,24)25)10-27-18(15)30-7-1-2-12(11-30)8-17(31)16-5-6-26-20(28-16)29-19(32)13-3-4-13/h5-6,9-10,12-13H,1-4,7-8,11H2,(H,26,28,29,32)/t12-/m0/s1. The van der Waals surface area contributed by atoms with Gasteiger partial charge in [-0.05, 0) is 43.7 Å². The van der Waals surface area contributed by atoms with Crippen molar-refractivity contribution >= 4 is 35.1 Å². The van der Waals surface area contributed by atoms with E-state index in [1.165, 1.54) is 12.3 Å². The van der Waals surface area contributed by atoms with Gasteiger partial charge in [-0.2, -0.15) is 13.2 Å². The van der Waals surface area contributed by atoms with E-state index >= 15 is 0 Å². The molecular formula is C21H21ClF3N5O2. The Morgan fingerprint density at radius 3 is 2.69 bits per heavy atom. The molecule has 3 heterocycles. The van der Waals surface area contributed by atoms with Gasteiger partial charge in [0, 0.05) is 37.8 Å². The van der Waals surface area contributed by atoms with Gasteiger partial charge in [-0.15, -0.1) is 0 Å². The largest absolute Gasteiger partial charge is 0.417 e. The van der Waals surface area contributed by atoms with Crippen molar-refractivity contribution in [3.8, 4) is 0 Å². The number of piperidine rings is 1. The molecule has 2 aromatic rings. The Hall–Kier alpha value is -2.75. The molecule has 1 aliphatic heterocycles. The molecule has 1 saturated carbocycles. The molecule has 0 aromatic carbocycles. The summed E-state index contributed by atoms with van der Waals surface area (Å²) in [6.07, 6.45) is 1.14. The highest BCUT2D eigenvalue weighted by Crippen LogP contribution is 2.35. The van der Waals surface area contributed by atoms with Crippen LogP contribution in [0.4, 0.5) is 24.9 Å². The smallest absolute Gasteiger partial charge is 0.355 e. The van der Waals surface area contributed by atoms with Gasteiger partial charge in [-0.25, -0.2) is 15.0 Å². The molecule has 2 aromatic heterocycles. The molecule has 1 aliphatic carbocycles. The zero-order chi connectivity index (χ0) is 22.9. The molecule has 1 amide bonds. The lowest BCUT2D eigenvalue weighted by atomic mass is 9.92. The summed E-state index contributed by atoms with van der Waals surface area (Å²) in [6.45, 7) is 1.04. The third-order valence-corrected chi connectivity index (χ3v) is 5.84. The minimum absolute atomic E-state index is 0.00295. The van der Waals surface area contributed by atoms with Gasteiger partial charge in [-0.1, -0.05) is 11.6 Å². The number of nitrogens with zero attached hydrogens (tertiary/aromatic N) is 4. The molecule has 32 heavy (non-hydrogen) atoms. The Morgan fingerprint density at radius 2 is 2.00 bits per heavy atom. The summed E-state index contributed by atoms with van der Waals surface area (Å²) in [5, 5.41) is 2.56. The number of alkyl halides is 3. The fourth-order valence-electron chi connectivity index (χ4n) is 3.74. The number of aromatic nitrogens is 3. The van der Waals surface area contributed by atoms with Crippen molar-refractivity contribution in [3.63, 3.8) is 0 Å². The van der Waals surface area contributed by atoms with Gasteiger partial charge in [0.25, 0.3) is 0 Å². The van der Waals surface area contributed by atoms with E-state index in [0.717, 1.165) is 37.9 Å². The summed E-state index contributed by atoms with van der Waals surface area (Å²) in [5.74, 6) is 0.0291. The summed E-state index contributed by atoms with van der Waals surface area (Å²) < 4.78 is 38.6. The predicted molar refractivity (Wildman–Crippen MR) is 112 cm³/mol. The first kappa shape index (κ1) is 22.4. The van der Waals surface area contributed by atoms with Gasteiger partial charge in [0.1, 0.15) is 11.5 Å². The van der Waals surface area contributed by atoms with Crippen molar-refractivity contribution in [1.29, 1.82) is 0 Å². The number of anilines is 2. The minimum atomic E-state index is -4.51. The van der Waals surface area contributed by atoms with Gasteiger partial charge >= 0.3 is 6.18 Å². The number of hydrogen-bond acceptors (Lipinski definition) is 6. The highest BCUT2D eigenvalue weighted by Gasteiger charge is 2.33. The van der Waals surface area contributed by atoms with E-state index in [1.807, 2.05) is 4.90 Å². The van der Waals surface area contributed by atoms with E-state index in [-0.39, 0.29) is 52.4 Å². The maximum Gasteiger partial charge on any atom is 0.417 e. The number of carbonyl (C=O) groups excluding carboxylic acids is 2. The Bertz CT molecular complexity index is 1030. The molecular weight excluding hydrogens is 447 g/mol. The summed E-state index contributed by atoms with van der Waals surface area (Å²) in [5.41, 5.74) is -0.683. The predicted octanol–water partition coefficient (Wildman–Crippen LogP) is 4.38. The van der Waals surface area contributed by atoms with Gasteiger partial charge in [0.15, 0.2) is 5.78 Å². The van der Waals surface area contributed by atoms with Crippen LogP contribution in [0, 0.1) is 11.8 Å². The summed E-state index contributed by atoms with van der Waals surface area (Å²) in [7, 11) is 0. The van der Waals surface area contributed by atoms with Crippen LogP contribution >= 0.6 is 11.6 Å². The lowest BCUT2D eigenvalue weighted by Gasteiger charge is -2.34. The Kier molecular flexibility index (Phi) is 6.32. The van der Waals surface area contributed by atoms with Crippen LogP contribution in [0.5, 0.6) is 0 Å². The van der Waals surface area contributed by atoms with Crippen molar-refractivity contribution in [3.05, 3.63) is 40.8 Å². The number of ketones is 1. The lowest BCUT2D eigenvalue weighted by molar-refractivity contribution is -0.137. The maximum absolute atomic E-state index is 12.9. The first-order valence-corrected chi connectivity index (χ1v) is 10.7. The molecule has 2 fully saturated rings. The zero-order valence-corrected chi connectivity index (χ0v) is 17.8. The molecule has 1 saturated heterocycles. The Morgan fingerprint density at radius 1 is 1.22 bits per heavy atom. The molecule has 7 nitrogen and oxygen atoms in total. The van der Waals surface area contributed by atoms with Gasteiger partial charge in [0.2, 0.25) is 11.9 Å². The number of pyridine rings is 1. The van der Waals surface area contributed by atoms with Crippen LogP contribution in [0.3, 0.4) is 0 Å². The van der Waals surface area contributed by atoms with Crippen LogP contribution in [0.2, 0.25) is 5.02 Å². The second kappa shape index (κ2) is 9.01. The number of amides is 1. The third kappa shape index (κ3) is 5.35. The SMILES string of the molecule is O=C(C[C@@H]1CCCN(c2ncc(C(F)(F)F)cc2Cl)C1)c1ccnc(NC(=O)C2CC2)n1. The average Bonchev–Trinajstić information content (AvgIpc) is 3.59. The van der Waals surface area contributed by atoms with Crippen LogP contribution in [-0.4, -0.2) is 39.7 Å². The van der Waals surface area contributed by atoms with Crippen molar-refractivity contribution in [2.24, 2.45) is 11.8 Å². The number of nitrogens with one attached hydrogen (secondary N) is 1.